The Morgan fingerprint density at radius 3 is 2.70 bits per heavy atom. The van der Waals surface area contributed by atoms with Gasteiger partial charge in [0, 0.05) is 24.4 Å². The number of fused-ring (bicyclic) bond motifs is 1. The van der Waals surface area contributed by atoms with Crippen LogP contribution in [0.4, 0.5) is 5.69 Å². The van der Waals surface area contributed by atoms with Crippen LogP contribution in [0.5, 0.6) is 11.5 Å². The zero-order chi connectivity index (χ0) is 19.4. The maximum absolute atomic E-state index is 12.3. The number of hydrogen-bond acceptors (Lipinski definition) is 4. The smallest absolute Gasteiger partial charge is 0.251 e. The molecule has 0 radical (unpaired) electrons. The molecule has 6 nitrogen and oxygen atoms in total. The third-order valence-electron chi connectivity index (χ3n) is 4.03. The van der Waals surface area contributed by atoms with Crippen molar-refractivity contribution in [2.45, 2.75) is 6.92 Å². The van der Waals surface area contributed by atoms with Crippen molar-refractivity contribution in [2.24, 2.45) is 0 Å². The molecule has 0 fully saturated rings. The Balaban J connectivity index is 1.74. The number of aryl methyl sites for hydroxylation is 1. The second-order valence-corrected chi connectivity index (χ2v) is 6.37. The van der Waals surface area contributed by atoms with E-state index in [1.54, 1.807) is 43.5 Å². The molecule has 0 spiro atoms. The van der Waals surface area contributed by atoms with Crippen LogP contribution in [0.3, 0.4) is 0 Å². The lowest BCUT2D eigenvalue weighted by atomic mass is 10.1. The summed E-state index contributed by atoms with van der Waals surface area (Å²) in [4.78, 5) is 24.0. The second-order valence-electron chi connectivity index (χ2n) is 5.96. The zero-order valence-corrected chi connectivity index (χ0v) is 15.7. The Morgan fingerprint density at radius 2 is 1.93 bits per heavy atom. The van der Waals surface area contributed by atoms with Gasteiger partial charge in [0.25, 0.3) is 5.91 Å². The molecule has 0 bridgehead atoms. The van der Waals surface area contributed by atoms with Gasteiger partial charge in [0.1, 0.15) is 13.2 Å². The van der Waals surface area contributed by atoms with Crippen LogP contribution in [-0.4, -0.2) is 32.1 Å². The number of hydrogen-bond donors (Lipinski definition) is 2. The van der Waals surface area contributed by atoms with Gasteiger partial charge >= 0.3 is 0 Å². The maximum atomic E-state index is 12.3. The minimum atomic E-state index is -0.321. The topological polar surface area (TPSA) is 76.7 Å². The van der Waals surface area contributed by atoms with E-state index in [1.807, 2.05) is 6.92 Å². The third kappa shape index (κ3) is 4.41. The van der Waals surface area contributed by atoms with Crippen molar-refractivity contribution in [3.63, 3.8) is 0 Å². The van der Waals surface area contributed by atoms with Crippen LogP contribution in [0.2, 0.25) is 5.02 Å². The summed E-state index contributed by atoms with van der Waals surface area (Å²) in [5, 5.41) is 5.77. The fraction of sp³-hybridized carbons (Fsp3) is 0.200. The Hall–Kier alpha value is -2.99. The molecular formula is C20H19ClN2O4. The van der Waals surface area contributed by atoms with Crippen LogP contribution in [0.25, 0.3) is 6.08 Å². The molecular weight excluding hydrogens is 368 g/mol. The van der Waals surface area contributed by atoms with E-state index in [0.717, 1.165) is 11.1 Å². The Morgan fingerprint density at radius 1 is 1.15 bits per heavy atom. The Labute approximate surface area is 162 Å². The van der Waals surface area contributed by atoms with Crippen molar-refractivity contribution in [1.82, 2.24) is 5.32 Å². The predicted octanol–water partition coefficient (Wildman–Crippen LogP) is 3.43. The molecule has 0 aliphatic carbocycles. The SMILES string of the molecule is CNC(=O)c1ccc(C)c(NC(=O)/C=C/c2cc(Cl)c3c(c2)OCCO3)c1. The highest BCUT2D eigenvalue weighted by Crippen LogP contribution is 2.38. The van der Waals surface area contributed by atoms with E-state index in [4.69, 9.17) is 21.1 Å². The molecule has 2 aromatic carbocycles. The summed E-state index contributed by atoms with van der Waals surface area (Å²) < 4.78 is 11.0. The molecule has 140 valence electrons. The molecule has 3 rings (SSSR count). The fourth-order valence-corrected chi connectivity index (χ4v) is 2.89. The summed E-state index contributed by atoms with van der Waals surface area (Å²) in [5.41, 5.74) is 2.62. The highest BCUT2D eigenvalue weighted by atomic mass is 35.5. The molecule has 2 N–H and O–H groups in total. The summed E-state index contributed by atoms with van der Waals surface area (Å²) >= 11 is 6.20. The molecule has 0 unspecified atom stereocenters. The third-order valence-corrected chi connectivity index (χ3v) is 4.31. The first-order valence-electron chi connectivity index (χ1n) is 8.39. The van der Waals surface area contributed by atoms with E-state index in [-0.39, 0.29) is 11.8 Å². The van der Waals surface area contributed by atoms with E-state index in [9.17, 15) is 9.59 Å². The number of amides is 2. The first-order chi connectivity index (χ1) is 13.0. The molecule has 7 heteroatoms. The number of halogens is 1. The standard InChI is InChI=1S/C20H19ClN2O4/c1-12-3-5-14(20(25)22-2)11-16(12)23-18(24)6-4-13-9-15(21)19-17(10-13)26-7-8-27-19/h3-6,9-11H,7-8H2,1-2H3,(H,22,25)(H,23,24)/b6-4+. The average molecular weight is 387 g/mol. The van der Waals surface area contributed by atoms with Gasteiger partial charge in [-0.3, -0.25) is 9.59 Å². The largest absolute Gasteiger partial charge is 0.486 e. The second kappa shape index (κ2) is 8.14. The van der Waals surface area contributed by atoms with Crippen molar-refractivity contribution >= 4 is 35.2 Å². The summed E-state index contributed by atoms with van der Waals surface area (Å²) in [6, 6.07) is 8.60. The first-order valence-corrected chi connectivity index (χ1v) is 8.76. The number of anilines is 1. The zero-order valence-electron chi connectivity index (χ0n) is 15.0. The maximum Gasteiger partial charge on any atom is 0.251 e. The number of rotatable bonds is 4. The summed E-state index contributed by atoms with van der Waals surface area (Å²) in [6.45, 7) is 2.77. The number of carbonyl (C=O) groups excluding carboxylic acids is 2. The highest BCUT2D eigenvalue weighted by molar-refractivity contribution is 6.32. The van der Waals surface area contributed by atoms with Crippen LogP contribution < -0.4 is 20.1 Å². The lowest BCUT2D eigenvalue weighted by Crippen LogP contribution is -2.18. The monoisotopic (exact) mass is 386 g/mol. The molecule has 2 amide bonds. The van der Waals surface area contributed by atoms with Crippen LogP contribution in [0.15, 0.2) is 36.4 Å². The molecule has 0 atom stereocenters. The van der Waals surface area contributed by atoms with Gasteiger partial charge in [0.05, 0.1) is 5.02 Å². The van der Waals surface area contributed by atoms with E-state index in [2.05, 4.69) is 10.6 Å². The van der Waals surface area contributed by atoms with Gasteiger partial charge in [-0.25, -0.2) is 0 Å². The average Bonchev–Trinajstić information content (AvgIpc) is 2.67. The minimum absolute atomic E-state index is 0.216. The van der Waals surface area contributed by atoms with Gasteiger partial charge in [-0.05, 0) is 48.4 Å². The minimum Gasteiger partial charge on any atom is -0.486 e. The van der Waals surface area contributed by atoms with Gasteiger partial charge in [0.2, 0.25) is 5.91 Å². The van der Waals surface area contributed by atoms with Crippen LogP contribution in [0, 0.1) is 6.92 Å². The molecule has 0 saturated heterocycles. The fourth-order valence-electron chi connectivity index (χ4n) is 2.62. The molecule has 1 aliphatic rings. The van der Waals surface area contributed by atoms with Gasteiger partial charge in [-0.15, -0.1) is 0 Å². The first kappa shape index (κ1) is 18.8. The number of carbonyl (C=O) groups is 2. The molecule has 1 aliphatic heterocycles. The lowest BCUT2D eigenvalue weighted by Gasteiger charge is -2.19. The quantitative estimate of drug-likeness (QED) is 0.789. The van der Waals surface area contributed by atoms with Crippen LogP contribution >= 0.6 is 11.6 Å². The normalized spacial score (nSPS) is 12.7. The molecule has 1 heterocycles. The van der Waals surface area contributed by atoms with Gasteiger partial charge in [0.15, 0.2) is 11.5 Å². The van der Waals surface area contributed by atoms with Crippen molar-refractivity contribution < 1.29 is 19.1 Å². The summed E-state index contributed by atoms with van der Waals surface area (Å²) in [7, 11) is 1.56. The predicted molar refractivity (Wildman–Crippen MR) is 105 cm³/mol. The highest BCUT2D eigenvalue weighted by Gasteiger charge is 2.16. The van der Waals surface area contributed by atoms with Crippen LogP contribution in [-0.2, 0) is 4.79 Å². The molecule has 0 saturated carbocycles. The van der Waals surface area contributed by atoms with E-state index in [1.165, 1.54) is 6.08 Å². The van der Waals surface area contributed by atoms with Crippen molar-refractivity contribution in [1.29, 1.82) is 0 Å². The number of benzene rings is 2. The van der Waals surface area contributed by atoms with Crippen molar-refractivity contribution in [3.8, 4) is 11.5 Å². The van der Waals surface area contributed by atoms with Crippen molar-refractivity contribution in [3.05, 3.63) is 58.1 Å². The molecule has 27 heavy (non-hydrogen) atoms. The summed E-state index contributed by atoms with van der Waals surface area (Å²) in [5.74, 6) is 0.541. The van der Waals surface area contributed by atoms with Gasteiger partial charge in [-0.2, -0.15) is 0 Å². The molecule has 2 aromatic rings. The lowest BCUT2D eigenvalue weighted by molar-refractivity contribution is -0.111. The Kier molecular flexibility index (Phi) is 5.66. The van der Waals surface area contributed by atoms with Crippen LogP contribution in [0.1, 0.15) is 21.5 Å². The number of nitrogens with one attached hydrogen (secondary N) is 2. The van der Waals surface area contributed by atoms with Crippen molar-refractivity contribution in [2.75, 3.05) is 25.6 Å². The van der Waals surface area contributed by atoms with Gasteiger partial charge in [-0.1, -0.05) is 17.7 Å². The summed E-state index contributed by atoms with van der Waals surface area (Å²) in [6.07, 6.45) is 3.03. The Bertz CT molecular complexity index is 924. The van der Waals surface area contributed by atoms with E-state index >= 15 is 0 Å². The van der Waals surface area contributed by atoms with E-state index < -0.39 is 0 Å². The number of ether oxygens (including phenoxy) is 2. The van der Waals surface area contributed by atoms with Gasteiger partial charge < -0.3 is 20.1 Å². The van der Waals surface area contributed by atoms with E-state index in [0.29, 0.717) is 41.0 Å². The molecule has 0 aromatic heterocycles.